The van der Waals surface area contributed by atoms with Gasteiger partial charge in [-0.1, -0.05) is 31.9 Å². The van der Waals surface area contributed by atoms with E-state index >= 15 is 0 Å². The lowest BCUT2D eigenvalue weighted by Crippen LogP contribution is -2.34. The number of hydrogen-bond acceptors (Lipinski definition) is 9. The second-order valence-corrected chi connectivity index (χ2v) is 9.33. The molecule has 0 amide bonds. The lowest BCUT2D eigenvalue weighted by atomic mass is 9.93. The fourth-order valence-corrected chi connectivity index (χ4v) is 4.58. The van der Waals surface area contributed by atoms with E-state index < -0.39 is 0 Å². The molecule has 4 N–H and O–H groups in total. The molecule has 4 aromatic rings. The third-order valence-electron chi connectivity index (χ3n) is 6.69. The molecular formula is C25H34N8O2. The van der Waals surface area contributed by atoms with Crippen molar-refractivity contribution < 1.29 is 9.52 Å². The molecule has 10 nitrogen and oxygen atoms in total. The first-order chi connectivity index (χ1) is 17.1. The van der Waals surface area contributed by atoms with Crippen molar-refractivity contribution in [2.75, 3.05) is 30.3 Å². The minimum Gasteiger partial charge on any atom is -0.441 e. The zero-order valence-electron chi connectivity index (χ0n) is 20.5. The van der Waals surface area contributed by atoms with Crippen LogP contribution in [0.3, 0.4) is 0 Å². The first-order valence-electron chi connectivity index (χ1n) is 12.5. The van der Waals surface area contributed by atoms with E-state index in [1.165, 1.54) is 19.3 Å². The van der Waals surface area contributed by atoms with E-state index in [9.17, 15) is 5.11 Å². The van der Waals surface area contributed by atoms with Gasteiger partial charge in [-0.3, -0.25) is 4.68 Å². The third kappa shape index (κ3) is 4.94. The summed E-state index contributed by atoms with van der Waals surface area (Å²) in [5, 5.41) is 18.0. The number of unbranched alkanes of at least 4 members (excludes halogenated alkanes) is 1. The average Bonchev–Trinajstić information content (AvgIpc) is 3.39. The van der Waals surface area contributed by atoms with Gasteiger partial charge >= 0.3 is 0 Å². The molecule has 3 heterocycles. The van der Waals surface area contributed by atoms with Crippen LogP contribution in [-0.2, 0) is 13.1 Å². The summed E-state index contributed by atoms with van der Waals surface area (Å²) in [6.07, 6.45) is 7.70. The van der Waals surface area contributed by atoms with Crippen LogP contribution in [0.1, 0.15) is 56.0 Å². The Balaban J connectivity index is 1.46. The number of anilines is 2. The Morgan fingerprint density at radius 1 is 1.17 bits per heavy atom. The predicted molar refractivity (Wildman–Crippen MR) is 136 cm³/mol. The molecule has 0 unspecified atom stereocenters. The molecule has 10 heteroatoms. The summed E-state index contributed by atoms with van der Waals surface area (Å²) in [7, 11) is 0. The van der Waals surface area contributed by atoms with Crippen molar-refractivity contribution in [1.29, 1.82) is 0 Å². The Bertz CT molecular complexity index is 1310. The van der Waals surface area contributed by atoms with Gasteiger partial charge in [-0.15, -0.1) is 0 Å². The summed E-state index contributed by atoms with van der Waals surface area (Å²) in [6.45, 7) is 6.57. The van der Waals surface area contributed by atoms with Crippen molar-refractivity contribution >= 4 is 33.9 Å². The SMILES string of the molecule is CCCCN(CCO)c1nc(N)nc2cn(Cc3ccc(CNC4CCC4)c4oc(C)nc34)nc12. The van der Waals surface area contributed by atoms with Crippen LogP contribution in [0.2, 0.25) is 0 Å². The van der Waals surface area contributed by atoms with Crippen LogP contribution >= 0.6 is 0 Å². The number of hydrogen-bond donors (Lipinski definition) is 3. The normalized spacial score (nSPS) is 14.1. The van der Waals surface area contributed by atoms with Gasteiger partial charge in [-0.2, -0.15) is 10.1 Å². The van der Waals surface area contributed by atoms with Crippen molar-refractivity contribution in [2.45, 2.75) is 65.1 Å². The number of nitrogens with zero attached hydrogens (tertiary/aromatic N) is 6. The Kier molecular flexibility index (Phi) is 6.83. The van der Waals surface area contributed by atoms with Crippen LogP contribution < -0.4 is 16.0 Å². The van der Waals surface area contributed by atoms with Crippen LogP contribution in [0.4, 0.5) is 11.8 Å². The first-order valence-corrected chi connectivity index (χ1v) is 12.5. The average molecular weight is 479 g/mol. The second kappa shape index (κ2) is 10.2. The van der Waals surface area contributed by atoms with Gasteiger partial charge in [0.25, 0.3) is 0 Å². The highest BCUT2D eigenvalue weighted by atomic mass is 16.3. The standard InChI is InChI=1S/C25H34N8O2/c1-3-4-10-32(11-12-34)24-22-20(29-25(26)30-24)15-33(31-22)14-18-9-8-17(13-27-19-6-5-7-19)23-21(18)28-16(2)35-23/h8-9,15,19,27,34H,3-7,10-14H2,1-2H3,(H2,26,29). The van der Waals surface area contributed by atoms with Gasteiger partial charge in [-0.25, -0.2) is 9.97 Å². The number of nitrogen functional groups attached to an aromatic ring is 1. The fourth-order valence-electron chi connectivity index (χ4n) is 4.58. The molecule has 0 spiro atoms. The van der Waals surface area contributed by atoms with Gasteiger partial charge in [0.2, 0.25) is 5.95 Å². The molecule has 1 aliphatic carbocycles. The van der Waals surface area contributed by atoms with Gasteiger partial charge in [0.1, 0.15) is 11.0 Å². The van der Waals surface area contributed by atoms with Crippen molar-refractivity contribution in [1.82, 2.24) is 30.0 Å². The lowest BCUT2D eigenvalue weighted by Gasteiger charge is -2.26. The first kappa shape index (κ1) is 23.5. The van der Waals surface area contributed by atoms with Gasteiger partial charge in [-0.05, 0) is 19.3 Å². The van der Waals surface area contributed by atoms with Crippen molar-refractivity contribution in [2.24, 2.45) is 0 Å². The number of aliphatic hydroxyl groups excluding tert-OH is 1. The number of benzene rings is 1. The van der Waals surface area contributed by atoms with Gasteiger partial charge in [0, 0.05) is 43.7 Å². The minimum absolute atomic E-state index is 0.0290. The highest BCUT2D eigenvalue weighted by molar-refractivity contribution is 5.86. The maximum absolute atomic E-state index is 9.59. The Morgan fingerprint density at radius 3 is 2.74 bits per heavy atom. The molecule has 1 saturated carbocycles. The van der Waals surface area contributed by atoms with E-state index in [-0.39, 0.29) is 12.6 Å². The van der Waals surface area contributed by atoms with Gasteiger partial charge < -0.3 is 25.5 Å². The summed E-state index contributed by atoms with van der Waals surface area (Å²) < 4.78 is 7.85. The van der Waals surface area contributed by atoms with Crippen LogP contribution in [0.15, 0.2) is 22.7 Å². The predicted octanol–water partition coefficient (Wildman–Crippen LogP) is 3.15. The molecule has 0 aliphatic heterocycles. The van der Waals surface area contributed by atoms with Gasteiger partial charge in [0.15, 0.2) is 22.8 Å². The smallest absolute Gasteiger partial charge is 0.222 e. The van der Waals surface area contributed by atoms with Crippen LogP contribution in [0.25, 0.3) is 22.1 Å². The van der Waals surface area contributed by atoms with Crippen LogP contribution in [-0.4, -0.2) is 55.6 Å². The number of fused-ring (bicyclic) bond motifs is 2. The van der Waals surface area contributed by atoms with E-state index in [4.69, 9.17) is 15.2 Å². The van der Waals surface area contributed by atoms with E-state index in [1.807, 2.05) is 22.7 Å². The molecule has 35 heavy (non-hydrogen) atoms. The zero-order valence-corrected chi connectivity index (χ0v) is 20.5. The summed E-state index contributed by atoms with van der Waals surface area (Å²) in [5.74, 6) is 1.51. The molecule has 5 rings (SSSR count). The number of nitrogens with two attached hydrogens (primary N) is 1. The number of aliphatic hydroxyl groups is 1. The van der Waals surface area contributed by atoms with E-state index in [0.717, 1.165) is 48.2 Å². The molecule has 186 valence electrons. The highest BCUT2D eigenvalue weighted by Crippen LogP contribution is 2.28. The summed E-state index contributed by atoms with van der Waals surface area (Å²) in [6, 6.07) is 4.83. The quantitative estimate of drug-likeness (QED) is 0.297. The molecule has 0 bridgehead atoms. The minimum atomic E-state index is 0.0290. The second-order valence-electron chi connectivity index (χ2n) is 9.33. The molecule has 1 fully saturated rings. The molecular weight excluding hydrogens is 444 g/mol. The van der Waals surface area contributed by atoms with Crippen LogP contribution in [0, 0.1) is 6.92 Å². The molecule has 0 saturated heterocycles. The van der Waals surface area contributed by atoms with Crippen molar-refractivity contribution in [3.05, 3.63) is 35.3 Å². The Morgan fingerprint density at radius 2 is 2.00 bits per heavy atom. The van der Waals surface area contributed by atoms with Gasteiger partial charge in [0.05, 0.1) is 19.3 Å². The zero-order chi connectivity index (χ0) is 24.4. The Hall–Kier alpha value is -3.24. The Labute approximate surface area is 204 Å². The van der Waals surface area contributed by atoms with Crippen molar-refractivity contribution in [3.8, 4) is 0 Å². The summed E-state index contributed by atoms with van der Waals surface area (Å²) >= 11 is 0. The summed E-state index contributed by atoms with van der Waals surface area (Å²) in [4.78, 5) is 15.6. The number of nitrogens with one attached hydrogen (secondary N) is 1. The highest BCUT2D eigenvalue weighted by Gasteiger charge is 2.20. The fraction of sp³-hybridized carbons (Fsp3) is 0.520. The molecule has 0 radical (unpaired) electrons. The molecule has 3 aromatic heterocycles. The van der Waals surface area contributed by atoms with E-state index in [2.05, 4.69) is 39.3 Å². The van der Waals surface area contributed by atoms with Crippen molar-refractivity contribution in [3.63, 3.8) is 0 Å². The third-order valence-corrected chi connectivity index (χ3v) is 6.69. The maximum Gasteiger partial charge on any atom is 0.222 e. The molecule has 1 aliphatic rings. The lowest BCUT2D eigenvalue weighted by molar-refractivity contribution is 0.301. The topological polar surface area (TPSA) is 131 Å². The molecule has 1 aromatic carbocycles. The summed E-state index contributed by atoms with van der Waals surface area (Å²) in [5.41, 5.74) is 11.2. The monoisotopic (exact) mass is 478 g/mol. The van der Waals surface area contributed by atoms with E-state index in [1.54, 1.807) is 0 Å². The maximum atomic E-state index is 9.59. The largest absolute Gasteiger partial charge is 0.441 e. The van der Waals surface area contributed by atoms with Crippen LogP contribution in [0.5, 0.6) is 0 Å². The number of rotatable bonds is 11. The number of oxazole rings is 1. The molecule has 0 atom stereocenters. The number of aromatic nitrogens is 5. The van der Waals surface area contributed by atoms with E-state index in [0.29, 0.717) is 41.9 Å². The number of aryl methyl sites for hydroxylation is 1.